The predicted molar refractivity (Wildman–Crippen MR) is 65.1 cm³/mol. The Morgan fingerprint density at radius 1 is 1.06 bits per heavy atom. The molecular weight excluding hydrogens is 398 g/mol. The molecule has 0 saturated carbocycles. The van der Waals surface area contributed by atoms with Crippen LogP contribution < -0.4 is 12.4 Å². The minimum absolute atomic E-state index is 0. The van der Waals surface area contributed by atoms with E-state index < -0.39 is 0 Å². The molecule has 0 fully saturated rings. The van der Waals surface area contributed by atoms with Crippen molar-refractivity contribution in [3.63, 3.8) is 0 Å². The van der Waals surface area contributed by atoms with Crippen molar-refractivity contribution in [2.45, 2.75) is 32.6 Å². The molecule has 0 heterocycles. The Hall–Kier alpha value is 0.0801. The fraction of sp³-hybridized carbons (Fsp3) is 0.429. The third-order valence-electron chi connectivity index (χ3n) is 1.68. The molecule has 1 N–H and O–H groups in total. The number of rotatable bonds is 2. The Kier molecular flexibility index (Phi) is 28.0. The Morgan fingerprint density at radius 2 is 1.53 bits per heavy atom. The number of allylic oxidation sites excluding steroid dienone is 8. The molecule has 17 heavy (non-hydrogen) atoms. The first-order valence-electron chi connectivity index (χ1n) is 5.46. The smallest absolute Gasteiger partial charge is 0.0430 e. The van der Waals surface area contributed by atoms with Crippen LogP contribution in [0.5, 0.6) is 0 Å². The van der Waals surface area contributed by atoms with Crippen LogP contribution >= 0.6 is 0 Å². The average molecular weight is 418 g/mol. The number of hydrogen-bond donors (Lipinski definition) is 1. The summed E-state index contributed by atoms with van der Waals surface area (Å²) in [5, 5.41) is 8.07. The molecule has 0 bridgehead atoms. The summed E-state index contributed by atoms with van der Waals surface area (Å²) >= 11 is 0. The van der Waals surface area contributed by atoms with Gasteiger partial charge in [-0.05, 0) is 6.42 Å². The van der Waals surface area contributed by atoms with Gasteiger partial charge in [0, 0.05) is 32.5 Å². The molecule has 0 spiro atoms. The monoisotopic (exact) mass is 419 g/mol. The maximum absolute atomic E-state index is 8.07. The van der Waals surface area contributed by atoms with Gasteiger partial charge in [-0.3, -0.25) is 12.2 Å². The van der Waals surface area contributed by atoms with E-state index in [0.29, 0.717) is 6.61 Å². The van der Waals surface area contributed by atoms with Crippen molar-refractivity contribution in [1.82, 2.24) is 0 Å². The summed E-state index contributed by atoms with van der Waals surface area (Å²) in [5.41, 5.74) is 0. The molecule has 0 radical (unpaired) electrons. The van der Waals surface area contributed by atoms with E-state index in [2.05, 4.69) is 31.2 Å². The molecule has 0 aromatic rings. The van der Waals surface area contributed by atoms with E-state index in [1.165, 1.54) is 0 Å². The second-order valence-electron chi connectivity index (χ2n) is 3.08. The van der Waals surface area contributed by atoms with Crippen molar-refractivity contribution < 1.29 is 43.4 Å². The molecule has 0 aromatic carbocycles. The van der Waals surface area contributed by atoms with Crippen LogP contribution in [-0.2, 0) is 25.8 Å². The van der Waals surface area contributed by atoms with Crippen LogP contribution in [-0.4, -0.2) is 11.7 Å². The standard InChI is InChI=1S/2C5H5.C4H10O.ClH.Hf/c2*1-2-4-5-3-1;1-2-3-4-5;;/h2*1-3H,4H2;5H,2-4H2,1H3;1H;/q2*-1;;;/p-1. The Labute approximate surface area is 131 Å². The van der Waals surface area contributed by atoms with Gasteiger partial charge in [0.2, 0.25) is 0 Å². The number of aliphatic hydroxyl groups is 1. The predicted octanol–water partition coefficient (Wildman–Crippen LogP) is 0.392. The van der Waals surface area contributed by atoms with Crippen LogP contribution in [0.25, 0.3) is 0 Å². The van der Waals surface area contributed by atoms with Crippen LogP contribution in [0.1, 0.15) is 32.6 Å². The van der Waals surface area contributed by atoms with E-state index in [0.717, 1.165) is 25.7 Å². The van der Waals surface area contributed by atoms with Gasteiger partial charge in [0.25, 0.3) is 0 Å². The molecular formula is C14H20ClHfO-3. The van der Waals surface area contributed by atoms with Crippen LogP contribution in [0, 0.1) is 12.2 Å². The summed E-state index contributed by atoms with van der Waals surface area (Å²) in [7, 11) is 0. The Morgan fingerprint density at radius 3 is 1.59 bits per heavy atom. The topological polar surface area (TPSA) is 20.2 Å². The van der Waals surface area contributed by atoms with Gasteiger partial charge in [-0.1, -0.05) is 13.3 Å². The molecule has 0 aromatic heterocycles. The van der Waals surface area contributed by atoms with E-state index in [1.54, 1.807) is 0 Å². The van der Waals surface area contributed by atoms with Gasteiger partial charge < -0.3 is 17.5 Å². The summed E-state index contributed by atoms with van der Waals surface area (Å²) < 4.78 is 0. The minimum Gasteiger partial charge on any atom is -1.00 e. The van der Waals surface area contributed by atoms with Gasteiger partial charge in [0.1, 0.15) is 0 Å². The first kappa shape index (κ1) is 22.3. The number of halogens is 1. The second-order valence-corrected chi connectivity index (χ2v) is 3.08. The normalized spacial score (nSPS) is 12.8. The van der Waals surface area contributed by atoms with E-state index >= 15 is 0 Å². The van der Waals surface area contributed by atoms with Gasteiger partial charge in [-0.25, -0.2) is 24.3 Å². The molecule has 0 saturated heterocycles. The summed E-state index contributed by atoms with van der Waals surface area (Å²) in [6.07, 6.45) is 22.0. The van der Waals surface area contributed by atoms with Gasteiger partial charge in [-0.15, -0.1) is 12.8 Å². The number of hydrogen-bond acceptors (Lipinski definition) is 1. The zero-order chi connectivity index (χ0) is 11.2. The molecule has 0 aliphatic heterocycles. The van der Waals surface area contributed by atoms with Crippen molar-refractivity contribution in [2.75, 3.05) is 6.61 Å². The summed E-state index contributed by atoms with van der Waals surface area (Å²) in [4.78, 5) is 0. The van der Waals surface area contributed by atoms with Crippen molar-refractivity contribution in [3.8, 4) is 0 Å². The first-order chi connectivity index (χ1) is 7.41. The zero-order valence-corrected chi connectivity index (χ0v) is 14.7. The van der Waals surface area contributed by atoms with Crippen molar-refractivity contribution in [2.24, 2.45) is 0 Å². The number of unbranched alkanes of at least 4 members (excludes halogenated alkanes) is 1. The van der Waals surface area contributed by atoms with Crippen LogP contribution in [0.4, 0.5) is 0 Å². The van der Waals surface area contributed by atoms with Crippen molar-refractivity contribution in [3.05, 3.63) is 48.6 Å². The van der Waals surface area contributed by atoms with Gasteiger partial charge >= 0.3 is 0 Å². The number of aliphatic hydroxyl groups excluding tert-OH is 1. The van der Waals surface area contributed by atoms with E-state index in [4.69, 9.17) is 5.11 Å². The molecule has 96 valence electrons. The molecule has 3 heteroatoms. The van der Waals surface area contributed by atoms with Gasteiger partial charge in [-0.2, -0.15) is 12.2 Å². The Bertz CT molecular complexity index is 188. The van der Waals surface area contributed by atoms with Crippen molar-refractivity contribution >= 4 is 0 Å². The quantitative estimate of drug-likeness (QED) is 0.509. The van der Waals surface area contributed by atoms with Crippen LogP contribution in [0.2, 0.25) is 0 Å². The Balaban J connectivity index is -0.000000163. The zero-order valence-electron chi connectivity index (χ0n) is 10.3. The molecule has 2 aliphatic carbocycles. The molecule has 0 amide bonds. The summed E-state index contributed by atoms with van der Waals surface area (Å²) in [6.45, 7) is 2.40. The van der Waals surface area contributed by atoms with Gasteiger partial charge in [0.15, 0.2) is 0 Å². The fourth-order valence-corrected chi connectivity index (χ4v) is 0.839. The SMILES string of the molecule is CCCCO.[C-]1=CC=CC1.[C-]1=CC=CC1.[Cl-].[Hf]. The maximum Gasteiger partial charge on any atom is 0.0430 e. The molecule has 2 aliphatic rings. The maximum atomic E-state index is 8.07. The average Bonchev–Trinajstić information content (AvgIpc) is 2.99. The second kappa shape index (κ2) is 21.4. The fourth-order valence-electron chi connectivity index (χ4n) is 0.839. The third-order valence-corrected chi connectivity index (χ3v) is 1.68. The largest absolute Gasteiger partial charge is 1.00 e. The molecule has 0 atom stereocenters. The van der Waals surface area contributed by atoms with Crippen LogP contribution in [0.15, 0.2) is 36.5 Å². The van der Waals surface area contributed by atoms with E-state index in [9.17, 15) is 0 Å². The molecule has 1 nitrogen and oxygen atoms in total. The summed E-state index contributed by atoms with van der Waals surface area (Å²) in [5.74, 6) is 0. The van der Waals surface area contributed by atoms with Crippen molar-refractivity contribution in [1.29, 1.82) is 0 Å². The van der Waals surface area contributed by atoms with E-state index in [-0.39, 0.29) is 38.3 Å². The third kappa shape index (κ3) is 21.8. The van der Waals surface area contributed by atoms with E-state index in [1.807, 2.05) is 24.3 Å². The first-order valence-corrected chi connectivity index (χ1v) is 5.46. The minimum atomic E-state index is 0. The van der Waals surface area contributed by atoms with Crippen LogP contribution in [0.3, 0.4) is 0 Å². The molecule has 0 unspecified atom stereocenters. The van der Waals surface area contributed by atoms with Gasteiger partial charge in [0.05, 0.1) is 0 Å². The molecule has 2 rings (SSSR count). The summed E-state index contributed by atoms with van der Waals surface area (Å²) in [6, 6.07) is 0.